The minimum absolute atomic E-state index is 0.418. The first-order valence-corrected chi connectivity index (χ1v) is 15.5. The van der Waals surface area contributed by atoms with Crippen molar-refractivity contribution in [3.05, 3.63) is 127 Å². The van der Waals surface area contributed by atoms with Gasteiger partial charge in [0.05, 0.1) is 0 Å². The van der Waals surface area contributed by atoms with Gasteiger partial charge in [-0.3, -0.25) is 0 Å². The van der Waals surface area contributed by atoms with Crippen molar-refractivity contribution in [3.63, 3.8) is 0 Å². The van der Waals surface area contributed by atoms with Gasteiger partial charge in [-0.15, -0.1) is 0 Å². The number of hydrogen-bond acceptors (Lipinski definition) is 4. The molecule has 1 heterocycles. The normalized spacial score (nSPS) is 12.5. The second kappa shape index (κ2) is 9.84. The highest BCUT2D eigenvalue weighted by Crippen LogP contribution is 2.46. The lowest BCUT2D eigenvalue weighted by atomic mass is 9.84. The van der Waals surface area contributed by atoms with Crippen LogP contribution < -0.4 is 4.18 Å². The maximum Gasteiger partial charge on any atom is 0.534 e. The van der Waals surface area contributed by atoms with Crippen molar-refractivity contribution in [1.29, 1.82) is 0 Å². The maximum absolute atomic E-state index is 13.1. The van der Waals surface area contributed by atoms with Crippen LogP contribution in [-0.2, 0) is 10.1 Å². The largest absolute Gasteiger partial charge is 0.534 e. The van der Waals surface area contributed by atoms with Gasteiger partial charge in [-0.05, 0) is 84.9 Å². The van der Waals surface area contributed by atoms with E-state index in [-0.39, 0.29) is 0 Å². The Balaban J connectivity index is 1.42. The fraction of sp³-hybridized carbons (Fsp3) is 0.0270. The predicted octanol–water partition coefficient (Wildman–Crippen LogP) is 10.6. The number of benzene rings is 7. The van der Waals surface area contributed by atoms with Crippen molar-refractivity contribution >= 4 is 64.4 Å². The quantitative estimate of drug-likeness (QED) is 0.112. The van der Waals surface area contributed by atoms with Crippen LogP contribution in [0.25, 0.3) is 76.5 Å². The van der Waals surface area contributed by atoms with Gasteiger partial charge in [-0.2, -0.15) is 21.6 Å². The molecule has 0 fully saturated rings. The lowest BCUT2D eigenvalue weighted by molar-refractivity contribution is -0.0500. The highest BCUT2D eigenvalue weighted by Gasteiger charge is 2.48. The lowest BCUT2D eigenvalue weighted by Gasteiger charge is -2.19. The van der Waals surface area contributed by atoms with E-state index in [0.717, 1.165) is 71.1 Å². The first-order chi connectivity index (χ1) is 21.7. The molecule has 0 spiro atoms. The van der Waals surface area contributed by atoms with Crippen molar-refractivity contribution < 1.29 is 30.2 Å². The van der Waals surface area contributed by atoms with Crippen LogP contribution in [0.15, 0.2) is 132 Å². The zero-order valence-electron chi connectivity index (χ0n) is 23.3. The third kappa shape index (κ3) is 4.32. The van der Waals surface area contributed by atoms with Crippen LogP contribution in [0, 0.1) is 0 Å². The summed E-state index contributed by atoms with van der Waals surface area (Å²) in [6.45, 7) is 0. The number of para-hydroxylation sites is 1. The van der Waals surface area contributed by atoms with Gasteiger partial charge in [0.25, 0.3) is 0 Å². The summed E-state index contributed by atoms with van der Waals surface area (Å²) in [5, 5.41) is 7.16. The zero-order chi connectivity index (χ0) is 30.9. The second-order valence-electron chi connectivity index (χ2n) is 10.8. The Labute approximate surface area is 255 Å². The fourth-order valence-corrected chi connectivity index (χ4v) is 6.76. The molecule has 0 aliphatic rings. The highest BCUT2D eigenvalue weighted by atomic mass is 32.2. The van der Waals surface area contributed by atoms with Gasteiger partial charge >= 0.3 is 15.6 Å². The lowest BCUT2D eigenvalue weighted by Crippen LogP contribution is -2.28. The van der Waals surface area contributed by atoms with Crippen molar-refractivity contribution in [2.24, 2.45) is 0 Å². The molecular formula is C37H21F3O4S. The van der Waals surface area contributed by atoms with E-state index in [1.807, 2.05) is 84.9 Å². The Hall–Kier alpha value is -5.34. The number of rotatable bonds is 4. The van der Waals surface area contributed by atoms with E-state index in [1.54, 1.807) is 6.07 Å². The van der Waals surface area contributed by atoms with E-state index in [1.165, 1.54) is 12.1 Å². The van der Waals surface area contributed by atoms with Gasteiger partial charge in [0.1, 0.15) is 16.9 Å². The third-order valence-corrected chi connectivity index (χ3v) is 9.19. The van der Waals surface area contributed by atoms with Crippen LogP contribution in [-0.4, -0.2) is 13.9 Å². The van der Waals surface area contributed by atoms with E-state index in [2.05, 4.69) is 28.4 Å². The number of hydrogen-bond donors (Lipinski definition) is 0. The molecule has 7 aromatic carbocycles. The smallest absolute Gasteiger partial charge is 0.456 e. The van der Waals surface area contributed by atoms with Crippen LogP contribution in [0.2, 0.25) is 0 Å². The maximum atomic E-state index is 13.1. The molecule has 0 saturated heterocycles. The van der Waals surface area contributed by atoms with Crippen LogP contribution >= 0.6 is 0 Å². The molecule has 4 nitrogen and oxygen atoms in total. The summed E-state index contributed by atoms with van der Waals surface area (Å²) >= 11 is 0. The molecular weight excluding hydrogens is 597 g/mol. The topological polar surface area (TPSA) is 56.5 Å². The minimum atomic E-state index is -5.83. The van der Waals surface area contributed by atoms with Crippen molar-refractivity contribution in [2.45, 2.75) is 5.51 Å². The molecule has 0 aliphatic carbocycles. The van der Waals surface area contributed by atoms with Gasteiger partial charge in [-0.25, -0.2) is 0 Å². The number of fused-ring (bicyclic) bond motifs is 6. The first kappa shape index (κ1) is 27.2. The Morgan fingerprint density at radius 1 is 0.533 bits per heavy atom. The van der Waals surface area contributed by atoms with Crippen LogP contribution in [0.5, 0.6) is 5.75 Å². The van der Waals surface area contributed by atoms with Crippen LogP contribution in [0.3, 0.4) is 0 Å². The van der Waals surface area contributed by atoms with E-state index >= 15 is 0 Å². The number of halogens is 3. The molecule has 220 valence electrons. The van der Waals surface area contributed by atoms with Crippen LogP contribution in [0.1, 0.15) is 0 Å². The highest BCUT2D eigenvalue weighted by molar-refractivity contribution is 7.88. The summed E-state index contributed by atoms with van der Waals surface area (Å²) in [6.07, 6.45) is 0. The Morgan fingerprint density at radius 2 is 1.13 bits per heavy atom. The van der Waals surface area contributed by atoms with E-state index in [4.69, 9.17) is 4.42 Å². The summed E-state index contributed by atoms with van der Waals surface area (Å²) in [7, 11) is -5.83. The molecule has 1 aromatic heterocycles. The molecule has 0 saturated carbocycles. The third-order valence-electron chi connectivity index (χ3n) is 8.21. The Morgan fingerprint density at radius 3 is 1.80 bits per heavy atom. The Bertz CT molecular complexity index is 2530. The average Bonchev–Trinajstić information content (AvgIpc) is 3.41. The fourth-order valence-electron chi connectivity index (χ4n) is 6.31. The number of alkyl halides is 3. The number of furan rings is 1. The molecule has 45 heavy (non-hydrogen) atoms. The zero-order valence-corrected chi connectivity index (χ0v) is 24.1. The average molecular weight is 619 g/mol. The van der Waals surface area contributed by atoms with Crippen LogP contribution in [0.4, 0.5) is 13.2 Å². The standard InChI is InChI=1S/C37H21F3O4S/c38-37(39,40)45(41,42)44-24-18-16-22-8-7-14-30(31(22)21-24)36-28-12-3-1-10-26(28)35(27-11-2-4-13-29(27)36)23-17-19-34-32(20-23)25-9-5-6-15-33(25)43-34/h1-21H. The monoisotopic (exact) mass is 618 g/mol. The minimum Gasteiger partial charge on any atom is -0.456 e. The SMILES string of the molecule is O=S(=O)(Oc1ccc2cccc(-c3c4ccccc4c(-c4ccc5oc6ccccc6c5c4)c4ccccc34)c2c1)C(F)(F)F. The van der Waals surface area contributed by atoms with E-state index in [0.29, 0.717) is 5.39 Å². The Kier molecular flexibility index (Phi) is 5.95. The van der Waals surface area contributed by atoms with Crippen molar-refractivity contribution in [2.75, 3.05) is 0 Å². The summed E-state index contributed by atoms with van der Waals surface area (Å²) in [5.41, 5.74) is -0.269. The molecule has 0 aliphatic heterocycles. The van der Waals surface area contributed by atoms with Gasteiger partial charge < -0.3 is 8.60 Å². The molecule has 0 unspecified atom stereocenters. The summed E-state index contributed by atoms with van der Waals surface area (Å²) < 4.78 is 73.6. The summed E-state index contributed by atoms with van der Waals surface area (Å²) in [5.74, 6) is -0.418. The van der Waals surface area contributed by atoms with Gasteiger partial charge in [0.2, 0.25) is 0 Å². The van der Waals surface area contributed by atoms with Gasteiger partial charge in [0.15, 0.2) is 0 Å². The molecule has 0 atom stereocenters. The van der Waals surface area contributed by atoms with Crippen molar-refractivity contribution in [3.8, 4) is 28.0 Å². The summed E-state index contributed by atoms with van der Waals surface area (Å²) in [6, 6.07) is 39.9. The summed E-state index contributed by atoms with van der Waals surface area (Å²) in [4.78, 5) is 0. The molecule has 0 bridgehead atoms. The molecule has 8 heteroatoms. The molecule has 0 N–H and O–H groups in total. The molecule has 8 rings (SSSR count). The first-order valence-electron chi connectivity index (χ1n) is 14.1. The molecule has 0 amide bonds. The second-order valence-corrected chi connectivity index (χ2v) is 12.4. The van der Waals surface area contributed by atoms with E-state index < -0.39 is 21.4 Å². The molecule has 8 aromatic rings. The van der Waals surface area contributed by atoms with Gasteiger partial charge in [-0.1, -0.05) is 97.1 Å². The molecule has 0 radical (unpaired) electrons. The predicted molar refractivity (Wildman–Crippen MR) is 173 cm³/mol. The van der Waals surface area contributed by atoms with Crippen molar-refractivity contribution in [1.82, 2.24) is 0 Å². The van der Waals surface area contributed by atoms with Gasteiger partial charge in [0, 0.05) is 10.8 Å². The van der Waals surface area contributed by atoms with E-state index in [9.17, 15) is 21.6 Å².